The number of guanidine groups is 1. The Morgan fingerprint density at radius 1 is 1.19 bits per heavy atom. The molecule has 192 valence electrons. The number of rotatable bonds is 9. The minimum absolute atomic E-state index is 0.277. The molecule has 0 radical (unpaired) electrons. The van der Waals surface area contributed by atoms with Crippen LogP contribution in [-0.2, 0) is 11.2 Å². The fourth-order valence-corrected chi connectivity index (χ4v) is 3.55. The second-order valence-electron chi connectivity index (χ2n) is 9.23. The number of benzene rings is 1. The van der Waals surface area contributed by atoms with Crippen molar-refractivity contribution in [1.29, 1.82) is 0 Å². The Morgan fingerprint density at radius 3 is 2.69 bits per heavy atom. The Hall–Kier alpha value is -3.82. The molecule has 0 saturated carbocycles. The first kappa shape index (κ1) is 26.8. The Kier molecular flexibility index (Phi) is 9.49. The van der Waals surface area contributed by atoms with E-state index in [2.05, 4.69) is 30.6 Å². The summed E-state index contributed by atoms with van der Waals surface area (Å²) in [7, 11) is 0. The Labute approximate surface area is 209 Å². The van der Waals surface area contributed by atoms with E-state index in [1.54, 1.807) is 51.6 Å². The Balaban J connectivity index is 1.68. The number of halogens is 2. The SMILES string of the molecule is CC(C)(C)OC(=O)NC(=NCCCc1cnc[nH]1)NCCC(c1ccc(F)c(F)c1)c1ccccn1. The molecule has 1 atom stereocenters. The Bertz CT molecular complexity index is 1130. The highest BCUT2D eigenvalue weighted by Gasteiger charge is 2.19. The van der Waals surface area contributed by atoms with Gasteiger partial charge >= 0.3 is 6.09 Å². The molecule has 3 N–H and O–H groups in total. The zero-order valence-corrected chi connectivity index (χ0v) is 20.7. The largest absolute Gasteiger partial charge is 0.444 e. The van der Waals surface area contributed by atoms with Gasteiger partial charge in [0, 0.05) is 42.8 Å². The number of aromatic amines is 1. The molecule has 0 fully saturated rings. The molecule has 0 aliphatic rings. The van der Waals surface area contributed by atoms with Crippen LogP contribution in [0.3, 0.4) is 0 Å². The van der Waals surface area contributed by atoms with Gasteiger partial charge in [-0.15, -0.1) is 0 Å². The van der Waals surface area contributed by atoms with E-state index in [1.807, 2.05) is 12.1 Å². The number of aliphatic imine (C=N–C) groups is 1. The maximum atomic E-state index is 14.0. The monoisotopic (exact) mass is 498 g/mol. The molecule has 1 aromatic carbocycles. The maximum absolute atomic E-state index is 14.0. The number of ether oxygens (including phenoxy) is 1. The van der Waals surface area contributed by atoms with E-state index in [1.165, 1.54) is 6.07 Å². The van der Waals surface area contributed by atoms with Gasteiger partial charge in [-0.25, -0.2) is 18.6 Å². The maximum Gasteiger partial charge on any atom is 0.414 e. The highest BCUT2D eigenvalue weighted by atomic mass is 19.2. The summed E-state index contributed by atoms with van der Waals surface area (Å²) in [5.74, 6) is -1.83. The number of hydrogen-bond donors (Lipinski definition) is 3. The number of hydrogen-bond acceptors (Lipinski definition) is 5. The van der Waals surface area contributed by atoms with Crippen molar-refractivity contribution in [2.45, 2.75) is 51.6 Å². The normalized spacial score (nSPS) is 12.8. The van der Waals surface area contributed by atoms with Gasteiger partial charge in [-0.2, -0.15) is 0 Å². The van der Waals surface area contributed by atoms with Crippen molar-refractivity contribution in [3.63, 3.8) is 0 Å². The minimum Gasteiger partial charge on any atom is -0.444 e. The van der Waals surface area contributed by atoms with E-state index in [9.17, 15) is 13.6 Å². The van der Waals surface area contributed by atoms with Gasteiger partial charge in [0.15, 0.2) is 11.6 Å². The third-order valence-electron chi connectivity index (χ3n) is 5.16. The van der Waals surface area contributed by atoms with Gasteiger partial charge in [0.05, 0.1) is 6.33 Å². The molecule has 2 aromatic heterocycles. The van der Waals surface area contributed by atoms with Crippen LogP contribution in [0.15, 0.2) is 60.1 Å². The van der Waals surface area contributed by atoms with Crippen molar-refractivity contribution >= 4 is 12.1 Å². The van der Waals surface area contributed by atoms with Crippen molar-refractivity contribution in [2.24, 2.45) is 4.99 Å². The van der Waals surface area contributed by atoms with E-state index in [4.69, 9.17) is 4.74 Å². The van der Waals surface area contributed by atoms with Crippen LogP contribution in [0.5, 0.6) is 0 Å². The van der Waals surface area contributed by atoms with E-state index in [0.29, 0.717) is 25.1 Å². The average molecular weight is 499 g/mol. The minimum atomic E-state index is -0.910. The van der Waals surface area contributed by atoms with Crippen LogP contribution < -0.4 is 10.6 Å². The number of imidazole rings is 1. The molecule has 1 amide bonds. The average Bonchev–Trinajstić information content (AvgIpc) is 3.34. The summed E-state index contributed by atoms with van der Waals surface area (Å²) >= 11 is 0. The van der Waals surface area contributed by atoms with E-state index in [0.717, 1.165) is 30.3 Å². The number of amides is 1. The number of H-pyrrole nitrogens is 1. The molecule has 0 bridgehead atoms. The van der Waals surface area contributed by atoms with E-state index >= 15 is 0 Å². The van der Waals surface area contributed by atoms with Crippen molar-refractivity contribution in [2.75, 3.05) is 13.1 Å². The molecule has 1 unspecified atom stereocenters. The van der Waals surface area contributed by atoms with Gasteiger partial charge in [0.1, 0.15) is 5.60 Å². The summed E-state index contributed by atoms with van der Waals surface area (Å²) in [6.07, 6.45) is 6.43. The summed E-state index contributed by atoms with van der Waals surface area (Å²) in [4.78, 5) is 28.3. The molecule has 0 aliphatic carbocycles. The zero-order chi connectivity index (χ0) is 26.0. The number of aryl methyl sites for hydroxylation is 1. The number of nitrogens with zero attached hydrogens (tertiary/aromatic N) is 3. The van der Waals surface area contributed by atoms with Gasteiger partial charge in [-0.1, -0.05) is 12.1 Å². The molecule has 0 saturated heterocycles. The fraction of sp³-hybridized carbons (Fsp3) is 0.385. The van der Waals surface area contributed by atoms with E-state index in [-0.39, 0.29) is 11.9 Å². The smallest absolute Gasteiger partial charge is 0.414 e. The van der Waals surface area contributed by atoms with Crippen LogP contribution in [0, 0.1) is 11.6 Å². The van der Waals surface area contributed by atoms with Gasteiger partial charge in [-0.05, 0) is 69.9 Å². The molecular weight excluding hydrogens is 466 g/mol. The molecule has 0 spiro atoms. The van der Waals surface area contributed by atoms with Crippen molar-refractivity contribution < 1.29 is 18.3 Å². The summed E-state index contributed by atoms with van der Waals surface area (Å²) in [6.45, 7) is 6.18. The predicted molar refractivity (Wildman–Crippen MR) is 134 cm³/mol. The number of carbonyl (C=O) groups excluding carboxylic acids is 1. The molecule has 0 aliphatic heterocycles. The first-order chi connectivity index (χ1) is 17.2. The van der Waals surface area contributed by atoms with Crippen LogP contribution in [0.1, 0.15) is 56.5 Å². The Morgan fingerprint density at radius 2 is 2.03 bits per heavy atom. The van der Waals surface area contributed by atoms with Crippen molar-refractivity contribution in [3.8, 4) is 0 Å². The lowest BCUT2D eigenvalue weighted by Gasteiger charge is -2.21. The standard InChI is InChI=1S/C26H32F2N6O2/c1-26(2,3)36-25(35)34-24(31-13-6-7-19-16-29-17-33-19)32-14-11-20(23-8-4-5-12-30-23)18-9-10-21(27)22(28)15-18/h4-5,8-10,12,15-17,20H,6-7,11,13-14H2,1-3H3,(H,29,33)(H2,31,32,34,35). The fourth-order valence-electron chi connectivity index (χ4n) is 3.55. The molecule has 10 heteroatoms. The summed E-state index contributed by atoms with van der Waals surface area (Å²) < 4.78 is 32.8. The second-order valence-corrected chi connectivity index (χ2v) is 9.23. The lowest BCUT2D eigenvalue weighted by atomic mass is 9.92. The van der Waals surface area contributed by atoms with Crippen LogP contribution in [-0.4, -0.2) is 45.7 Å². The topological polar surface area (TPSA) is 104 Å². The molecule has 36 heavy (non-hydrogen) atoms. The second kappa shape index (κ2) is 12.8. The van der Waals surface area contributed by atoms with Crippen LogP contribution >= 0.6 is 0 Å². The van der Waals surface area contributed by atoms with Gasteiger partial charge in [0.2, 0.25) is 5.96 Å². The third-order valence-corrected chi connectivity index (χ3v) is 5.16. The van der Waals surface area contributed by atoms with Crippen molar-refractivity contribution in [1.82, 2.24) is 25.6 Å². The third kappa shape index (κ3) is 8.75. The summed E-state index contributed by atoms with van der Waals surface area (Å²) in [5.41, 5.74) is 1.67. The van der Waals surface area contributed by atoms with Crippen LogP contribution in [0.25, 0.3) is 0 Å². The van der Waals surface area contributed by atoms with Gasteiger partial charge in [-0.3, -0.25) is 15.3 Å². The lowest BCUT2D eigenvalue weighted by molar-refractivity contribution is 0.0561. The van der Waals surface area contributed by atoms with Crippen LogP contribution in [0.2, 0.25) is 0 Å². The molecule has 2 heterocycles. The summed E-state index contributed by atoms with van der Waals surface area (Å²) in [6, 6.07) is 9.35. The van der Waals surface area contributed by atoms with Crippen molar-refractivity contribution in [3.05, 3.63) is 83.7 Å². The zero-order valence-electron chi connectivity index (χ0n) is 20.7. The highest BCUT2D eigenvalue weighted by molar-refractivity contribution is 5.94. The van der Waals surface area contributed by atoms with E-state index < -0.39 is 23.3 Å². The highest BCUT2D eigenvalue weighted by Crippen LogP contribution is 2.27. The van der Waals surface area contributed by atoms with Gasteiger partial charge in [0.25, 0.3) is 0 Å². The molecule has 8 nitrogen and oxygen atoms in total. The van der Waals surface area contributed by atoms with Crippen LogP contribution in [0.4, 0.5) is 13.6 Å². The number of aromatic nitrogens is 3. The quantitative estimate of drug-likeness (QED) is 0.225. The molecular formula is C26H32F2N6O2. The van der Waals surface area contributed by atoms with Gasteiger partial charge < -0.3 is 15.0 Å². The molecule has 3 aromatic rings. The first-order valence-electron chi connectivity index (χ1n) is 11.8. The summed E-state index contributed by atoms with van der Waals surface area (Å²) in [5, 5.41) is 5.82. The first-order valence-corrected chi connectivity index (χ1v) is 11.8. The predicted octanol–water partition coefficient (Wildman–Crippen LogP) is 4.71. The lowest BCUT2D eigenvalue weighted by Crippen LogP contribution is -2.44. The number of alkyl carbamates (subject to hydrolysis) is 1. The molecule has 3 rings (SSSR count). The number of pyridine rings is 1. The number of carbonyl (C=O) groups is 1. The number of nitrogens with one attached hydrogen (secondary N) is 3.